The number of ether oxygens (including phenoxy) is 1. The van der Waals surface area contributed by atoms with Crippen molar-refractivity contribution in [2.75, 3.05) is 0 Å². The first-order valence-corrected chi connectivity index (χ1v) is 7.59. The summed E-state index contributed by atoms with van der Waals surface area (Å²) < 4.78 is 6.00. The van der Waals surface area contributed by atoms with Gasteiger partial charge in [0.15, 0.2) is 0 Å². The van der Waals surface area contributed by atoms with Crippen LogP contribution in [-0.4, -0.2) is 6.04 Å². The van der Waals surface area contributed by atoms with Crippen molar-refractivity contribution in [2.24, 2.45) is 5.73 Å². The van der Waals surface area contributed by atoms with E-state index >= 15 is 0 Å². The molecule has 0 fully saturated rings. The van der Waals surface area contributed by atoms with E-state index in [-0.39, 0.29) is 6.04 Å². The fourth-order valence-corrected chi connectivity index (χ4v) is 2.30. The number of hydrogen-bond acceptors (Lipinski definition) is 2. The molecule has 2 aromatic carbocycles. The van der Waals surface area contributed by atoms with Crippen molar-refractivity contribution in [3.05, 3.63) is 58.7 Å². The highest BCUT2D eigenvalue weighted by atomic mass is 16.5. The Morgan fingerprint density at radius 2 is 1.71 bits per heavy atom. The quantitative estimate of drug-likeness (QED) is 0.864. The summed E-state index contributed by atoms with van der Waals surface area (Å²) in [6.07, 6.45) is 1.92. The number of rotatable bonds is 5. The minimum atomic E-state index is 0.232. The third-order valence-corrected chi connectivity index (χ3v) is 3.97. The molecule has 0 heterocycles. The van der Waals surface area contributed by atoms with Crippen molar-refractivity contribution in [3.8, 4) is 11.5 Å². The number of aryl methyl sites for hydroxylation is 3. The van der Waals surface area contributed by atoms with E-state index in [0.29, 0.717) is 0 Å². The van der Waals surface area contributed by atoms with Crippen molar-refractivity contribution in [1.29, 1.82) is 0 Å². The maximum atomic E-state index is 6.02. The van der Waals surface area contributed by atoms with Crippen molar-refractivity contribution < 1.29 is 4.74 Å². The molecule has 1 atom stereocenters. The summed E-state index contributed by atoms with van der Waals surface area (Å²) in [5.41, 5.74) is 11.0. The van der Waals surface area contributed by atoms with Crippen molar-refractivity contribution in [1.82, 2.24) is 0 Å². The fraction of sp³-hybridized carbons (Fsp3) is 0.368. The molecule has 1 unspecified atom stereocenters. The topological polar surface area (TPSA) is 35.2 Å². The monoisotopic (exact) mass is 283 g/mol. The molecule has 2 nitrogen and oxygen atoms in total. The predicted molar refractivity (Wildman–Crippen MR) is 89.1 cm³/mol. The van der Waals surface area contributed by atoms with E-state index in [9.17, 15) is 0 Å². The molecule has 2 rings (SSSR count). The van der Waals surface area contributed by atoms with Crippen LogP contribution in [0, 0.1) is 20.8 Å². The van der Waals surface area contributed by atoms with Gasteiger partial charge in [-0.15, -0.1) is 0 Å². The molecule has 0 aromatic heterocycles. The molecule has 0 bridgehead atoms. The molecule has 0 spiro atoms. The number of nitrogens with two attached hydrogens (primary N) is 1. The standard InChI is InChI=1S/C19H25NO/c1-5-17(20)12-16-7-9-19(15(4)10-16)21-18-8-6-13(2)14(3)11-18/h6-11,17H,5,12,20H2,1-4H3. The van der Waals surface area contributed by atoms with E-state index in [1.165, 1.54) is 16.7 Å². The van der Waals surface area contributed by atoms with Crippen molar-refractivity contribution >= 4 is 0 Å². The summed E-state index contributed by atoms with van der Waals surface area (Å²) in [6, 6.07) is 12.7. The summed E-state index contributed by atoms with van der Waals surface area (Å²) in [6.45, 7) is 8.41. The largest absolute Gasteiger partial charge is 0.457 e. The lowest BCUT2D eigenvalue weighted by molar-refractivity contribution is 0.478. The molecule has 0 amide bonds. The molecule has 0 aliphatic carbocycles. The molecule has 2 aromatic rings. The maximum Gasteiger partial charge on any atom is 0.130 e. The molecule has 0 radical (unpaired) electrons. The molecule has 2 N–H and O–H groups in total. The SMILES string of the molecule is CCC(N)Cc1ccc(Oc2ccc(C)c(C)c2)c(C)c1. The highest BCUT2D eigenvalue weighted by molar-refractivity contribution is 5.42. The van der Waals surface area contributed by atoms with Gasteiger partial charge >= 0.3 is 0 Å². The van der Waals surface area contributed by atoms with E-state index in [2.05, 4.69) is 52.0 Å². The minimum Gasteiger partial charge on any atom is -0.457 e. The predicted octanol–water partition coefficient (Wildman–Crippen LogP) is 4.68. The Morgan fingerprint density at radius 1 is 0.952 bits per heavy atom. The van der Waals surface area contributed by atoms with Gasteiger partial charge in [-0.1, -0.05) is 25.1 Å². The zero-order valence-electron chi connectivity index (χ0n) is 13.4. The van der Waals surface area contributed by atoms with Gasteiger partial charge in [-0.25, -0.2) is 0 Å². The lowest BCUT2D eigenvalue weighted by Crippen LogP contribution is -2.21. The van der Waals surface area contributed by atoms with Crippen LogP contribution in [0.2, 0.25) is 0 Å². The summed E-state index contributed by atoms with van der Waals surface area (Å²) in [5.74, 6) is 1.80. The van der Waals surface area contributed by atoms with Gasteiger partial charge in [0.25, 0.3) is 0 Å². The molecular formula is C19H25NO. The summed E-state index contributed by atoms with van der Waals surface area (Å²) >= 11 is 0. The second kappa shape index (κ2) is 6.77. The van der Waals surface area contributed by atoms with Crippen LogP contribution in [0.1, 0.15) is 35.6 Å². The molecule has 0 aliphatic heterocycles. The third-order valence-electron chi connectivity index (χ3n) is 3.97. The Hall–Kier alpha value is -1.80. The lowest BCUT2D eigenvalue weighted by atomic mass is 10.0. The van der Waals surface area contributed by atoms with E-state index in [1.54, 1.807) is 0 Å². The Kier molecular flexibility index (Phi) is 5.03. The van der Waals surface area contributed by atoms with Gasteiger partial charge in [0, 0.05) is 6.04 Å². The summed E-state index contributed by atoms with van der Waals surface area (Å²) in [4.78, 5) is 0. The van der Waals surface area contributed by atoms with Crippen molar-refractivity contribution in [2.45, 2.75) is 46.6 Å². The van der Waals surface area contributed by atoms with Gasteiger partial charge in [-0.05, 0) is 74.1 Å². The van der Waals surface area contributed by atoms with Crippen LogP contribution in [0.3, 0.4) is 0 Å². The fourth-order valence-electron chi connectivity index (χ4n) is 2.30. The zero-order valence-corrected chi connectivity index (χ0v) is 13.4. The summed E-state index contributed by atoms with van der Waals surface area (Å²) in [7, 11) is 0. The first-order valence-electron chi connectivity index (χ1n) is 7.59. The summed E-state index contributed by atoms with van der Waals surface area (Å²) in [5, 5.41) is 0. The van der Waals surface area contributed by atoms with Gasteiger partial charge in [0.2, 0.25) is 0 Å². The lowest BCUT2D eigenvalue weighted by Gasteiger charge is -2.13. The molecule has 112 valence electrons. The Labute approximate surface area is 127 Å². The van der Waals surface area contributed by atoms with Gasteiger partial charge in [-0.2, -0.15) is 0 Å². The Bertz CT molecular complexity index is 619. The van der Waals surface area contributed by atoms with Crippen LogP contribution in [0.15, 0.2) is 36.4 Å². The van der Waals surface area contributed by atoms with Crippen LogP contribution in [0.25, 0.3) is 0 Å². The van der Waals surface area contributed by atoms with Gasteiger partial charge in [0.1, 0.15) is 11.5 Å². The molecule has 0 aliphatic rings. The highest BCUT2D eigenvalue weighted by Crippen LogP contribution is 2.27. The van der Waals surface area contributed by atoms with E-state index in [0.717, 1.165) is 29.9 Å². The van der Waals surface area contributed by atoms with Crippen LogP contribution in [-0.2, 0) is 6.42 Å². The normalized spacial score (nSPS) is 12.2. The van der Waals surface area contributed by atoms with E-state index in [1.807, 2.05) is 12.1 Å². The highest BCUT2D eigenvalue weighted by Gasteiger charge is 2.06. The van der Waals surface area contributed by atoms with Crippen molar-refractivity contribution in [3.63, 3.8) is 0 Å². The smallest absolute Gasteiger partial charge is 0.130 e. The van der Waals surface area contributed by atoms with Crippen LogP contribution in [0.5, 0.6) is 11.5 Å². The second-order valence-corrected chi connectivity index (χ2v) is 5.82. The molecular weight excluding hydrogens is 258 g/mol. The maximum absolute atomic E-state index is 6.02. The van der Waals surface area contributed by atoms with E-state index in [4.69, 9.17) is 10.5 Å². The number of benzene rings is 2. The van der Waals surface area contributed by atoms with Gasteiger partial charge < -0.3 is 10.5 Å². The molecule has 2 heteroatoms. The Balaban J connectivity index is 2.15. The average Bonchev–Trinajstić information content (AvgIpc) is 2.45. The number of hydrogen-bond donors (Lipinski definition) is 1. The van der Waals surface area contributed by atoms with E-state index < -0.39 is 0 Å². The zero-order chi connectivity index (χ0) is 15.4. The van der Waals surface area contributed by atoms with Crippen LogP contribution in [0.4, 0.5) is 0 Å². The van der Waals surface area contributed by atoms with Gasteiger partial charge in [0.05, 0.1) is 0 Å². The first kappa shape index (κ1) is 15.6. The Morgan fingerprint density at radius 3 is 2.33 bits per heavy atom. The molecule has 0 saturated heterocycles. The third kappa shape index (κ3) is 4.08. The molecule has 0 saturated carbocycles. The second-order valence-electron chi connectivity index (χ2n) is 5.82. The molecule has 21 heavy (non-hydrogen) atoms. The minimum absolute atomic E-state index is 0.232. The van der Waals surface area contributed by atoms with Crippen LogP contribution < -0.4 is 10.5 Å². The van der Waals surface area contributed by atoms with Crippen LogP contribution >= 0.6 is 0 Å². The average molecular weight is 283 g/mol. The van der Waals surface area contributed by atoms with Gasteiger partial charge in [-0.3, -0.25) is 0 Å². The first-order chi connectivity index (χ1) is 9.99.